The van der Waals surface area contributed by atoms with Crippen LogP contribution in [0.3, 0.4) is 0 Å². The molecule has 0 atom stereocenters. The SMILES string of the molecule is Cl.Cl.O=C(CC1CCNCC1)NCCN1CCCC1. The molecule has 0 aromatic carbocycles. The number of likely N-dealkylation sites (tertiary alicyclic amines) is 1. The number of carbonyl (C=O) groups is 1. The Kier molecular flexibility index (Phi) is 10.7. The zero-order chi connectivity index (χ0) is 11.9. The van der Waals surface area contributed by atoms with Gasteiger partial charge in [0.2, 0.25) is 5.91 Å². The van der Waals surface area contributed by atoms with E-state index in [0.717, 1.165) is 45.4 Å². The van der Waals surface area contributed by atoms with Gasteiger partial charge in [-0.05, 0) is 57.8 Å². The summed E-state index contributed by atoms with van der Waals surface area (Å²) >= 11 is 0. The first-order chi connectivity index (χ1) is 8.34. The van der Waals surface area contributed by atoms with Crippen molar-refractivity contribution >= 4 is 30.7 Å². The lowest BCUT2D eigenvalue weighted by Gasteiger charge is -2.22. The highest BCUT2D eigenvalue weighted by molar-refractivity contribution is 5.85. The second-order valence-corrected chi connectivity index (χ2v) is 5.30. The molecule has 2 saturated heterocycles. The van der Waals surface area contributed by atoms with Gasteiger partial charge in [-0.1, -0.05) is 0 Å². The lowest BCUT2D eigenvalue weighted by Crippen LogP contribution is -2.36. The Bertz CT molecular complexity index is 242. The third-order valence-corrected chi connectivity index (χ3v) is 3.88. The maximum Gasteiger partial charge on any atom is 0.220 e. The zero-order valence-electron chi connectivity index (χ0n) is 11.5. The minimum absolute atomic E-state index is 0. The Morgan fingerprint density at radius 2 is 1.79 bits per heavy atom. The fraction of sp³-hybridized carbons (Fsp3) is 0.923. The van der Waals surface area contributed by atoms with Gasteiger partial charge in [-0.2, -0.15) is 0 Å². The topological polar surface area (TPSA) is 44.4 Å². The van der Waals surface area contributed by atoms with Crippen molar-refractivity contribution in [1.82, 2.24) is 15.5 Å². The largest absolute Gasteiger partial charge is 0.355 e. The van der Waals surface area contributed by atoms with E-state index in [-0.39, 0.29) is 30.7 Å². The van der Waals surface area contributed by atoms with Crippen LogP contribution in [0.4, 0.5) is 0 Å². The van der Waals surface area contributed by atoms with Crippen LogP contribution in [0.5, 0.6) is 0 Å². The number of rotatable bonds is 5. The third kappa shape index (κ3) is 7.35. The number of carbonyl (C=O) groups excluding carboxylic acids is 1. The van der Waals surface area contributed by atoms with Gasteiger partial charge < -0.3 is 15.5 Å². The summed E-state index contributed by atoms with van der Waals surface area (Å²) in [5.41, 5.74) is 0. The van der Waals surface area contributed by atoms with Crippen LogP contribution in [0.2, 0.25) is 0 Å². The van der Waals surface area contributed by atoms with E-state index >= 15 is 0 Å². The Labute approximate surface area is 128 Å². The summed E-state index contributed by atoms with van der Waals surface area (Å²) in [5, 5.41) is 6.39. The molecule has 0 unspecified atom stereocenters. The standard InChI is InChI=1S/C13H25N3O.2ClH/c17-13(11-12-3-5-14-6-4-12)15-7-10-16-8-1-2-9-16;;/h12,14H,1-11H2,(H,15,17);2*1H. The summed E-state index contributed by atoms with van der Waals surface area (Å²) in [6.45, 7) is 6.42. The van der Waals surface area contributed by atoms with Crippen molar-refractivity contribution in [2.45, 2.75) is 32.1 Å². The maximum atomic E-state index is 11.7. The molecule has 2 N–H and O–H groups in total. The van der Waals surface area contributed by atoms with Crippen LogP contribution in [-0.2, 0) is 4.79 Å². The fourth-order valence-electron chi connectivity index (χ4n) is 2.78. The molecule has 2 fully saturated rings. The smallest absolute Gasteiger partial charge is 0.220 e. The van der Waals surface area contributed by atoms with Crippen LogP contribution in [0.25, 0.3) is 0 Å². The monoisotopic (exact) mass is 311 g/mol. The predicted molar refractivity (Wildman–Crippen MR) is 83.4 cm³/mol. The highest BCUT2D eigenvalue weighted by Gasteiger charge is 2.17. The Hall–Kier alpha value is -0.0300. The molecular formula is C13H27Cl2N3O. The molecule has 2 rings (SSSR count). The van der Waals surface area contributed by atoms with E-state index in [1.165, 1.54) is 25.9 Å². The summed E-state index contributed by atoms with van der Waals surface area (Å²) in [7, 11) is 0. The zero-order valence-corrected chi connectivity index (χ0v) is 13.2. The van der Waals surface area contributed by atoms with Gasteiger partial charge >= 0.3 is 0 Å². The maximum absolute atomic E-state index is 11.7. The predicted octanol–water partition coefficient (Wildman–Crippen LogP) is 1.43. The second-order valence-electron chi connectivity index (χ2n) is 5.30. The van der Waals surface area contributed by atoms with Crippen molar-refractivity contribution in [3.8, 4) is 0 Å². The second kappa shape index (κ2) is 10.7. The van der Waals surface area contributed by atoms with E-state index in [9.17, 15) is 4.79 Å². The van der Waals surface area contributed by atoms with Crippen LogP contribution >= 0.6 is 24.8 Å². The average molecular weight is 312 g/mol. The van der Waals surface area contributed by atoms with E-state index in [1.807, 2.05) is 0 Å². The average Bonchev–Trinajstić information content (AvgIpc) is 2.83. The normalized spacial score (nSPS) is 20.4. The number of piperidine rings is 1. The Morgan fingerprint density at radius 3 is 2.42 bits per heavy atom. The van der Waals surface area contributed by atoms with Gasteiger partial charge in [-0.15, -0.1) is 24.8 Å². The number of hydrogen-bond donors (Lipinski definition) is 2. The van der Waals surface area contributed by atoms with E-state index in [2.05, 4.69) is 15.5 Å². The lowest BCUT2D eigenvalue weighted by atomic mass is 9.94. The highest BCUT2D eigenvalue weighted by Crippen LogP contribution is 2.15. The number of hydrogen-bond acceptors (Lipinski definition) is 3. The first kappa shape index (κ1) is 19.0. The first-order valence-corrected chi connectivity index (χ1v) is 7.04. The van der Waals surface area contributed by atoms with Gasteiger partial charge in [0.25, 0.3) is 0 Å². The third-order valence-electron chi connectivity index (χ3n) is 3.88. The van der Waals surface area contributed by atoms with E-state index in [1.54, 1.807) is 0 Å². The summed E-state index contributed by atoms with van der Waals surface area (Å²) in [6, 6.07) is 0. The van der Waals surface area contributed by atoms with Crippen molar-refractivity contribution in [3.05, 3.63) is 0 Å². The van der Waals surface area contributed by atoms with Crippen LogP contribution in [0.1, 0.15) is 32.1 Å². The number of halogens is 2. The van der Waals surface area contributed by atoms with E-state index in [0.29, 0.717) is 5.92 Å². The molecule has 0 radical (unpaired) electrons. The van der Waals surface area contributed by atoms with Crippen molar-refractivity contribution in [3.63, 3.8) is 0 Å². The first-order valence-electron chi connectivity index (χ1n) is 7.04. The Balaban J connectivity index is 0.00000162. The summed E-state index contributed by atoms with van der Waals surface area (Å²) in [5.74, 6) is 0.846. The molecule has 6 heteroatoms. The van der Waals surface area contributed by atoms with Crippen LogP contribution < -0.4 is 10.6 Å². The Morgan fingerprint density at radius 1 is 1.16 bits per heavy atom. The molecule has 0 aromatic heterocycles. The van der Waals surface area contributed by atoms with Crippen LogP contribution in [0.15, 0.2) is 0 Å². The molecule has 0 bridgehead atoms. The molecule has 114 valence electrons. The molecule has 0 aliphatic carbocycles. The molecule has 4 nitrogen and oxygen atoms in total. The summed E-state index contributed by atoms with van der Waals surface area (Å²) in [6.07, 6.45) is 5.67. The molecule has 0 spiro atoms. The van der Waals surface area contributed by atoms with Crippen molar-refractivity contribution in [2.75, 3.05) is 39.3 Å². The van der Waals surface area contributed by atoms with Gasteiger partial charge in [0.15, 0.2) is 0 Å². The van der Waals surface area contributed by atoms with Crippen molar-refractivity contribution in [2.24, 2.45) is 5.92 Å². The number of nitrogens with one attached hydrogen (secondary N) is 2. The quantitative estimate of drug-likeness (QED) is 0.807. The van der Waals surface area contributed by atoms with E-state index < -0.39 is 0 Å². The molecule has 2 heterocycles. The lowest BCUT2D eigenvalue weighted by molar-refractivity contribution is -0.122. The van der Waals surface area contributed by atoms with Crippen LogP contribution in [-0.4, -0.2) is 50.1 Å². The minimum atomic E-state index is 0. The van der Waals surface area contributed by atoms with Crippen molar-refractivity contribution < 1.29 is 4.79 Å². The number of amides is 1. The van der Waals surface area contributed by atoms with Gasteiger partial charge in [0.1, 0.15) is 0 Å². The summed E-state index contributed by atoms with van der Waals surface area (Å²) < 4.78 is 0. The molecular weight excluding hydrogens is 285 g/mol. The van der Waals surface area contributed by atoms with Crippen molar-refractivity contribution in [1.29, 1.82) is 0 Å². The van der Waals surface area contributed by atoms with Gasteiger partial charge in [-0.25, -0.2) is 0 Å². The van der Waals surface area contributed by atoms with Gasteiger partial charge in [0.05, 0.1) is 0 Å². The highest BCUT2D eigenvalue weighted by atomic mass is 35.5. The van der Waals surface area contributed by atoms with E-state index in [4.69, 9.17) is 0 Å². The van der Waals surface area contributed by atoms with Gasteiger partial charge in [-0.3, -0.25) is 4.79 Å². The molecule has 0 aromatic rings. The molecule has 1 amide bonds. The van der Waals surface area contributed by atoms with Gasteiger partial charge in [0, 0.05) is 19.5 Å². The minimum Gasteiger partial charge on any atom is -0.355 e. The number of nitrogens with zero attached hydrogens (tertiary/aromatic N) is 1. The summed E-state index contributed by atoms with van der Waals surface area (Å²) in [4.78, 5) is 14.2. The molecule has 0 saturated carbocycles. The molecule has 2 aliphatic rings. The molecule has 19 heavy (non-hydrogen) atoms. The molecule has 2 aliphatic heterocycles. The van der Waals surface area contributed by atoms with Crippen LogP contribution in [0, 0.1) is 5.92 Å². The fourth-order valence-corrected chi connectivity index (χ4v) is 2.78.